The average molecular weight is 1370 g/mol. The number of carbonyl (C=O) groups is 4. The summed E-state index contributed by atoms with van der Waals surface area (Å²) in [6.45, 7) is 7.26. The first kappa shape index (κ1) is 91.1. The Morgan fingerprint density at radius 2 is 0.495 bits per heavy atom. The number of hydrogen-bond donors (Lipinski definition) is 3. The highest BCUT2D eigenvalue weighted by atomic mass is 31.2. The van der Waals surface area contributed by atoms with E-state index in [-0.39, 0.29) is 25.7 Å². The van der Waals surface area contributed by atoms with E-state index in [0.29, 0.717) is 25.7 Å². The maximum absolute atomic E-state index is 13.1. The van der Waals surface area contributed by atoms with E-state index in [4.69, 9.17) is 37.0 Å². The minimum atomic E-state index is -4.95. The Balaban J connectivity index is 5.26. The molecule has 0 saturated carbocycles. The van der Waals surface area contributed by atoms with Crippen molar-refractivity contribution in [3.8, 4) is 0 Å². The van der Waals surface area contributed by atoms with Crippen LogP contribution >= 0.6 is 15.6 Å². The van der Waals surface area contributed by atoms with E-state index in [1.54, 1.807) is 0 Å². The SMILES string of the molecule is CCCCCCCCCCCCCCCCCC(=O)O[C@H](COC(=O)CCCCCCCCCCCCCCCC)COP(=O)(O)OC[C@@H](O)COP(=O)(O)OC[C@@H](COC(=O)CCCCCCCCCCCCCC)OC(=O)CCCCCCCCCCCC(C)C. The van der Waals surface area contributed by atoms with E-state index in [1.807, 2.05) is 0 Å². The van der Waals surface area contributed by atoms with Crippen molar-refractivity contribution in [1.29, 1.82) is 0 Å². The molecular formula is C74H144O17P2. The fourth-order valence-electron chi connectivity index (χ4n) is 11.4. The predicted molar refractivity (Wildman–Crippen MR) is 377 cm³/mol. The van der Waals surface area contributed by atoms with Crippen molar-refractivity contribution in [2.45, 2.75) is 406 Å². The lowest BCUT2D eigenvalue weighted by atomic mass is 10.0. The number of esters is 4. The average Bonchev–Trinajstić information content (AvgIpc) is 1.82. The van der Waals surface area contributed by atoms with E-state index < -0.39 is 97.5 Å². The van der Waals surface area contributed by atoms with Gasteiger partial charge in [0.25, 0.3) is 0 Å². The molecule has 0 radical (unpaired) electrons. The first-order valence-electron chi connectivity index (χ1n) is 38.6. The molecule has 3 N–H and O–H groups in total. The van der Waals surface area contributed by atoms with Crippen LogP contribution in [0.15, 0.2) is 0 Å². The molecular weight excluding hydrogens is 1220 g/mol. The second-order valence-electron chi connectivity index (χ2n) is 27.2. The third-order valence-electron chi connectivity index (χ3n) is 17.3. The summed E-state index contributed by atoms with van der Waals surface area (Å²) in [6, 6.07) is 0. The van der Waals surface area contributed by atoms with Crippen LogP contribution in [0.4, 0.5) is 0 Å². The second-order valence-corrected chi connectivity index (χ2v) is 30.1. The van der Waals surface area contributed by atoms with Gasteiger partial charge in [-0.05, 0) is 31.6 Å². The third kappa shape index (κ3) is 68.4. The number of phosphoric acid groups is 2. The molecule has 0 fully saturated rings. The Hall–Kier alpha value is -1.94. The summed E-state index contributed by atoms with van der Waals surface area (Å²) < 4.78 is 68.5. The lowest BCUT2D eigenvalue weighted by Gasteiger charge is -2.21. The lowest BCUT2D eigenvalue weighted by molar-refractivity contribution is -0.161. The zero-order valence-corrected chi connectivity index (χ0v) is 62.2. The Kier molecular flexibility index (Phi) is 65.9. The van der Waals surface area contributed by atoms with E-state index in [2.05, 4.69) is 34.6 Å². The minimum Gasteiger partial charge on any atom is -0.462 e. The molecule has 0 aliphatic heterocycles. The van der Waals surface area contributed by atoms with Crippen molar-refractivity contribution in [2.75, 3.05) is 39.6 Å². The number of unbranched alkanes of at least 4 members (excludes halogenated alkanes) is 46. The van der Waals surface area contributed by atoms with Gasteiger partial charge in [0.1, 0.15) is 19.3 Å². The topological polar surface area (TPSA) is 237 Å². The molecule has 0 aromatic heterocycles. The summed E-state index contributed by atoms with van der Waals surface area (Å²) in [5, 5.41) is 10.6. The van der Waals surface area contributed by atoms with Gasteiger partial charge in [0.15, 0.2) is 12.2 Å². The third-order valence-corrected chi connectivity index (χ3v) is 19.2. The molecule has 0 aromatic carbocycles. The van der Waals surface area contributed by atoms with Gasteiger partial charge in [-0.1, -0.05) is 336 Å². The van der Waals surface area contributed by atoms with Crippen LogP contribution in [0.2, 0.25) is 0 Å². The zero-order valence-electron chi connectivity index (χ0n) is 60.4. The van der Waals surface area contributed by atoms with Gasteiger partial charge in [-0.15, -0.1) is 0 Å². The molecule has 0 heterocycles. The minimum absolute atomic E-state index is 0.106. The van der Waals surface area contributed by atoms with Gasteiger partial charge < -0.3 is 33.8 Å². The van der Waals surface area contributed by atoms with Gasteiger partial charge in [-0.25, -0.2) is 9.13 Å². The second kappa shape index (κ2) is 67.3. The first-order chi connectivity index (χ1) is 45.0. The van der Waals surface area contributed by atoms with Crippen molar-refractivity contribution in [3.63, 3.8) is 0 Å². The summed E-state index contributed by atoms with van der Waals surface area (Å²) in [7, 11) is -9.91. The van der Waals surface area contributed by atoms with Crippen LogP contribution in [0.25, 0.3) is 0 Å². The number of aliphatic hydroxyl groups is 1. The number of aliphatic hydroxyl groups excluding tert-OH is 1. The highest BCUT2D eigenvalue weighted by molar-refractivity contribution is 7.47. The van der Waals surface area contributed by atoms with Gasteiger partial charge in [0.2, 0.25) is 0 Å². The van der Waals surface area contributed by atoms with Crippen molar-refractivity contribution < 1.29 is 80.2 Å². The van der Waals surface area contributed by atoms with E-state index in [9.17, 15) is 43.2 Å². The number of phosphoric ester groups is 2. The van der Waals surface area contributed by atoms with Crippen LogP contribution in [0.5, 0.6) is 0 Å². The molecule has 0 saturated heterocycles. The summed E-state index contributed by atoms with van der Waals surface area (Å²) in [5.41, 5.74) is 0. The van der Waals surface area contributed by atoms with Gasteiger partial charge in [-0.2, -0.15) is 0 Å². The molecule has 0 aliphatic rings. The lowest BCUT2D eigenvalue weighted by Crippen LogP contribution is -2.30. The normalized spacial score (nSPS) is 14.0. The summed E-state index contributed by atoms with van der Waals surface area (Å²) in [5.74, 6) is -1.38. The highest BCUT2D eigenvalue weighted by Crippen LogP contribution is 2.45. The molecule has 0 bridgehead atoms. The monoisotopic (exact) mass is 1370 g/mol. The van der Waals surface area contributed by atoms with Crippen LogP contribution in [0, 0.1) is 5.92 Å². The molecule has 0 aromatic rings. The predicted octanol–water partition coefficient (Wildman–Crippen LogP) is 21.7. The van der Waals surface area contributed by atoms with E-state index in [1.165, 1.54) is 212 Å². The summed E-state index contributed by atoms with van der Waals surface area (Å²) in [6.07, 6.45) is 55.3. The van der Waals surface area contributed by atoms with Crippen molar-refractivity contribution in [3.05, 3.63) is 0 Å². The Bertz CT molecular complexity index is 1790. The van der Waals surface area contributed by atoms with Gasteiger partial charge in [0, 0.05) is 25.7 Å². The molecule has 2 unspecified atom stereocenters. The molecule has 0 amide bonds. The van der Waals surface area contributed by atoms with Gasteiger partial charge in [-0.3, -0.25) is 37.3 Å². The summed E-state index contributed by atoms with van der Waals surface area (Å²) >= 11 is 0. The highest BCUT2D eigenvalue weighted by Gasteiger charge is 2.30. The van der Waals surface area contributed by atoms with Crippen LogP contribution < -0.4 is 0 Å². The first-order valence-corrected chi connectivity index (χ1v) is 41.6. The zero-order chi connectivity index (χ0) is 68.4. The van der Waals surface area contributed by atoms with Gasteiger partial charge in [0.05, 0.1) is 26.4 Å². The number of hydrogen-bond acceptors (Lipinski definition) is 15. The quantitative estimate of drug-likeness (QED) is 0.0222. The van der Waals surface area contributed by atoms with Crippen molar-refractivity contribution in [2.24, 2.45) is 5.92 Å². The number of ether oxygens (including phenoxy) is 4. The molecule has 5 atom stereocenters. The van der Waals surface area contributed by atoms with E-state index in [0.717, 1.165) is 95.8 Å². The van der Waals surface area contributed by atoms with Crippen LogP contribution in [0.1, 0.15) is 388 Å². The fourth-order valence-corrected chi connectivity index (χ4v) is 12.9. The van der Waals surface area contributed by atoms with Crippen LogP contribution in [-0.4, -0.2) is 96.7 Å². The van der Waals surface area contributed by atoms with Crippen molar-refractivity contribution >= 4 is 39.5 Å². The molecule has 93 heavy (non-hydrogen) atoms. The molecule has 17 nitrogen and oxygen atoms in total. The Morgan fingerprint density at radius 3 is 0.731 bits per heavy atom. The van der Waals surface area contributed by atoms with Crippen molar-refractivity contribution in [1.82, 2.24) is 0 Å². The number of carbonyl (C=O) groups excluding carboxylic acids is 4. The molecule has 0 spiro atoms. The fraction of sp³-hybridized carbons (Fsp3) is 0.946. The van der Waals surface area contributed by atoms with Crippen LogP contribution in [0.3, 0.4) is 0 Å². The molecule has 0 aliphatic carbocycles. The number of rotatable bonds is 74. The van der Waals surface area contributed by atoms with Crippen LogP contribution in [-0.2, 0) is 65.4 Å². The smallest absolute Gasteiger partial charge is 0.462 e. The molecule has 19 heteroatoms. The Morgan fingerprint density at radius 1 is 0.290 bits per heavy atom. The molecule has 0 rings (SSSR count). The standard InChI is InChI=1S/C74H144O17P2/c1-6-9-12-15-18-21-24-27-29-31-34-39-44-49-54-59-73(78)90-69(63-85-72(77)58-53-48-43-38-33-30-28-25-22-19-16-13-10-7-2)65-88-92(80,81)86-61-68(75)62-87-93(82,83)89-66-70(91-74(79)60-55-50-45-40-35-36-41-46-51-56-67(4)5)64-84-71(76)57-52-47-42-37-32-26-23-20-17-14-11-8-3/h67-70,75H,6-66H2,1-5H3,(H,80,81)(H,82,83)/t68-,69-,70-/m1/s1. The Labute approximate surface area is 568 Å². The maximum Gasteiger partial charge on any atom is 0.472 e. The van der Waals surface area contributed by atoms with Gasteiger partial charge >= 0.3 is 39.5 Å². The summed E-state index contributed by atoms with van der Waals surface area (Å²) in [4.78, 5) is 72.7. The maximum atomic E-state index is 13.1. The molecule has 552 valence electrons. The van der Waals surface area contributed by atoms with E-state index >= 15 is 0 Å². The largest absolute Gasteiger partial charge is 0.472 e.